The van der Waals surface area contributed by atoms with E-state index in [9.17, 15) is 4.79 Å². The lowest BCUT2D eigenvalue weighted by atomic mass is 9.47. The zero-order valence-electron chi connectivity index (χ0n) is 24.0. The van der Waals surface area contributed by atoms with Crippen molar-refractivity contribution in [2.75, 3.05) is 0 Å². The second-order valence-corrected chi connectivity index (χ2v) is 14.1. The molecule has 0 N–H and O–H groups in total. The van der Waals surface area contributed by atoms with E-state index in [2.05, 4.69) is 73.3 Å². The van der Waals surface area contributed by atoms with Crippen LogP contribution in [0.25, 0.3) is 0 Å². The van der Waals surface area contributed by atoms with Crippen LogP contribution in [-0.2, 0) is 9.53 Å². The summed E-state index contributed by atoms with van der Waals surface area (Å²) in [4.78, 5) is 11.5. The topological polar surface area (TPSA) is 26.3 Å². The van der Waals surface area contributed by atoms with Gasteiger partial charge >= 0.3 is 5.97 Å². The first-order chi connectivity index (χ1) is 16.3. The van der Waals surface area contributed by atoms with E-state index >= 15 is 0 Å². The lowest BCUT2D eigenvalue weighted by molar-refractivity contribution is -0.148. The molecule has 4 rings (SSSR count). The van der Waals surface area contributed by atoms with Gasteiger partial charge in [-0.15, -0.1) is 0 Å². The van der Waals surface area contributed by atoms with Gasteiger partial charge in [0.25, 0.3) is 0 Å². The molecule has 3 fully saturated rings. The third-order valence-corrected chi connectivity index (χ3v) is 11.4. The van der Waals surface area contributed by atoms with Crippen LogP contribution in [0.5, 0.6) is 0 Å². The van der Waals surface area contributed by atoms with Gasteiger partial charge in [0, 0.05) is 18.8 Å². The van der Waals surface area contributed by atoms with Crippen molar-refractivity contribution in [1.29, 1.82) is 0 Å². The minimum absolute atomic E-state index is 0.0586. The molecule has 0 aromatic heterocycles. The molecule has 196 valence electrons. The summed E-state index contributed by atoms with van der Waals surface area (Å²) >= 11 is 0. The molecule has 0 aromatic rings. The molecule has 3 saturated carbocycles. The van der Waals surface area contributed by atoms with Crippen molar-refractivity contribution in [1.82, 2.24) is 0 Å². The zero-order valence-corrected chi connectivity index (χ0v) is 24.0. The summed E-state index contributed by atoms with van der Waals surface area (Å²) in [6.07, 6.45) is 17.6. The molecule has 2 nitrogen and oxygen atoms in total. The number of carbonyl (C=O) groups excluding carboxylic acids is 1. The fraction of sp³-hybridized carbons (Fsp3) is 0.788. The Morgan fingerprint density at radius 2 is 1.83 bits per heavy atom. The first-order valence-electron chi connectivity index (χ1n) is 14.5. The zero-order chi connectivity index (χ0) is 25.8. The number of allylic oxidation sites excluding steroid dienone is 4. The van der Waals surface area contributed by atoms with Crippen LogP contribution in [0.15, 0.2) is 36.0 Å². The number of hydrogen-bond acceptors (Lipinski definition) is 2. The lowest BCUT2D eigenvalue weighted by Gasteiger charge is -2.58. The molecule has 35 heavy (non-hydrogen) atoms. The summed E-state index contributed by atoms with van der Waals surface area (Å²) < 4.78 is 5.63. The van der Waals surface area contributed by atoms with Gasteiger partial charge < -0.3 is 4.74 Å². The Balaban J connectivity index is 1.50. The van der Waals surface area contributed by atoms with Gasteiger partial charge in [0.05, 0.1) is 0 Å². The van der Waals surface area contributed by atoms with Crippen LogP contribution in [0, 0.1) is 51.8 Å². The van der Waals surface area contributed by atoms with Gasteiger partial charge in [-0.2, -0.15) is 0 Å². The molecule has 0 spiro atoms. The van der Waals surface area contributed by atoms with Gasteiger partial charge in [-0.25, -0.2) is 0 Å². The van der Waals surface area contributed by atoms with Crippen LogP contribution < -0.4 is 0 Å². The van der Waals surface area contributed by atoms with E-state index in [0.29, 0.717) is 22.7 Å². The Kier molecular flexibility index (Phi) is 7.28. The molecule has 4 aliphatic carbocycles. The molecule has 8 atom stereocenters. The monoisotopic (exact) mass is 480 g/mol. The summed E-state index contributed by atoms with van der Waals surface area (Å²) in [5.41, 5.74) is 3.76. The van der Waals surface area contributed by atoms with Crippen LogP contribution in [0.2, 0.25) is 0 Å². The van der Waals surface area contributed by atoms with Gasteiger partial charge in [0.15, 0.2) is 0 Å². The Labute approximate surface area is 216 Å². The number of rotatable bonds is 6. The molecule has 0 unspecified atom stereocenters. The smallest absolute Gasteiger partial charge is 0.302 e. The maximum Gasteiger partial charge on any atom is 0.302 e. The van der Waals surface area contributed by atoms with E-state index in [0.717, 1.165) is 36.5 Å². The highest BCUT2D eigenvalue weighted by molar-refractivity contribution is 5.66. The predicted molar refractivity (Wildman–Crippen MR) is 147 cm³/mol. The normalized spacial score (nSPS) is 40.0. The highest BCUT2D eigenvalue weighted by atomic mass is 16.5. The number of fused-ring (bicyclic) bond motifs is 5. The molecule has 4 aliphatic rings. The molecule has 0 amide bonds. The molecule has 2 heteroatoms. The van der Waals surface area contributed by atoms with E-state index < -0.39 is 0 Å². The quantitative estimate of drug-likeness (QED) is 0.280. The highest BCUT2D eigenvalue weighted by Crippen LogP contribution is 2.67. The van der Waals surface area contributed by atoms with Gasteiger partial charge in [0.1, 0.15) is 6.10 Å². The standard InChI is InChI=1S/C33H52O2/c1-21(2)23(4)31(6,7)17-14-22(3)28-12-13-29-27-11-10-25-20-26(35-24(5)34)15-18-32(25,8)30(27)16-19-33(28,29)9/h10,14,17,21-22,26-30H,4,11-13,15-16,18-20H2,1-3,5-9H3/b17-14+/t22-,26+,27+,28-,29+,30+,32+,33-/m1/s1. The van der Waals surface area contributed by atoms with E-state index in [1.54, 1.807) is 12.5 Å². The van der Waals surface area contributed by atoms with Crippen molar-refractivity contribution >= 4 is 5.97 Å². The van der Waals surface area contributed by atoms with E-state index in [1.807, 2.05) is 0 Å². The Bertz CT molecular complexity index is 891. The maximum atomic E-state index is 11.5. The molecular formula is C33H52O2. The third-order valence-electron chi connectivity index (χ3n) is 11.4. The van der Waals surface area contributed by atoms with Crippen molar-refractivity contribution in [2.24, 2.45) is 51.8 Å². The van der Waals surface area contributed by atoms with Crippen LogP contribution in [-0.4, -0.2) is 12.1 Å². The number of ether oxygens (including phenoxy) is 1. The Morgan fingerprint density at radius 3 is 2.49 bits per heavy atom. The average Bonchev–Trinajstić information content (AvgIpc) is 3.14. The fourth-order valence-electron chi connectivity index (χ4n) is 9.24. The first-order valence-corrected chi connectivity index (χ1v) is 14.5. The summed E-state index contributed by atoms with van der Waals surface area (Å²) in [6, 6.07) is 0. The lowest BCUT2D eigenvalue weighted by Crippen LogP contribution is -2.51. The minimum Gasteiger partial charge on any atom is -0.462 e. The SMILES string of the molecule is C=C(C(C)C)C(C)(C)/C=C/[C@@H](C)[C@H]1CC[C@H]2[C@@H]3CC=C4C[C@@H](OC(C)=O)CC[C@]4(C)[C@H]3CC[C@]12C. The van der Waals surface area contributed by atoms with Crippen molar-refractivity contribution in [3.05, 3.63) is 36.0 Å². The van der Waals surface area contributed by atoms with E-state index in [4.69, 9.17) is 4.74 Å². The maximum absolute atomic E-state index is 11.5. The minimum atomic E-state index is -0.126. The molecular weight excluding hydrogens is 428 g/mol. The molecule has 0 saturated heterocycles. The second kappa shape index (κ2) is 9.53. The average molecular weight is 481 g/mol. The van der Waals surface area contributed by atoms with E-state index in [-0.39, 0.29) is 17.5 Å². The predicted octanol–water partition coefficient (Wildman–Crippen LogP) is 8.93. The first kappa shape index (κ1) is 26.7. The van der Waals surface area contributed by atoms with Gasteiger partial charge in [-0.1, -0.05) is 84.4 Å². The van der Waals surface area contributed by atoms with Crippen molar-refractivity contribution in [2.45, 2.75) is 113 Å². The van der Waals surface area contributed by atoms with Crippen LogP contribution in [0.3, 0.4) is 0 Å². The number of carbonyl (C=O) groups is 1. The van der Waals surface area contributed by atoms with Crippen molar-refractivity contribution in [3.63, 3.8) is 0 Å². The van der Waals surface area contributed by atoms with Gasteiger partial charge in [0.2, 0.25) is 0 Å². The van der Waals surface area contributed by atoms with Crippen LogP contribution in [0.1, 0.15) is 107 Å². The summed E-state index contributed by atoms with van der Waals surface area (Å²) in [6.45, 7) is 22.8. The van der Waals surface area contributed by atoms with E-state index in [1.165, 1.54) is 44.1 Å². The van der Waals surface area contributed by atoms with Gasteiger partial charge in [-0.3, -0.25) is 4.79 Å². The third kappa shape index (κ3) is 4.73. The van der Waals surface area contributed by atoms with Crippen LogP contribution in [0.4, 0.5) is 0 Å². The molecule has 0 aromatic carbocycles. The van der Waals surface area contributed by atoms with Gasteiger partial charge in [-0.05, 0) is 91.3 Å². The largest absolute Gasteiger partial charge is 0.462 e. The molecule has 0 radical (unpaired) electrons. The second-order valence-electron chi connectivity index (χ2n) is 14.1. The fourth-order valence-corrected chi connectivity index (χ4v) is 9.24. The van der Waals surface area contributed by atoms with Crippen molar-refractivity contribution in [3.8, 4) is 0 Å². The van der Waals surface area contributed by atoms with Crippen molar-refractivity contribution < 1.29 is 9.53 Å². The number of esters is 1. The summed E-state index contributed by atoms with van der Waals surface area (Å²) in [5.74, 6) is 4.27. The Hall–Kier alpha value is -1.31. The highest BCUT2D eigenvalue weighted by Gasteiger charge is 2.59. The Morgan fingerprint density at radius 1 is 1.11 bits per heavy atom. The van der Waals surface area contributed by atoms with Crippen LogP contribution >= 0.6 is 0 Å². The molecule has 0 bridgehead atoms. The molecule has 0 aliphatic heterocycles. The summed E-state index contributed by atoms with van der Waals surface area (Å²) in [7, 11) is 0. The summed E-state index contributed by atoms with van der Waals surface area (Å²) in [5, 5.41) is 0. The molecule has 0 heterocycles. The number of hydrogen-bond donors (Lipinski definition) is 0.